The molecular weight excluding hydrogens is 486 g/mol. The first kappa shape index (κ1) is 27.6. The van der Waals surface area contributed by atoms with Crippen molar-refractivity contribution in [3.05, 3.63) is 137 Å². The van der Waals surface area contributed by atoms with Crippen molar-refractivity contribution in [2.45, 2.75) is 52.2 Å². The molecule has 0 fully saturated rings. The summed E-state index contributed by atoms with van der Waals surface area (Å²) in [6.45, 7) is 13.8. The summed E-state index contributed by atoms with van der Waals surface area (Å²) in [6.07, 6.45) is 6.37. The van der Waals surface area contributed by atoms with Gasteiger partial charge in [0.05, 0.1) is 6.10 Å². The molecule has 0 aromatic heterocycles. The Morgan fingerprint density at radius 2 is 1.54 bits per heavy atom. The number of hydrogen-bond acceptors (Lipinski definition) is 4. The Morgan fingerprint density at radius 3 is 2.10 bits per heavy atom. The summed E-state index contributed by atoms with van der Waals surface area (Å²) >= 11 is 0. The molecule has 0 saturated heterocycles. The standard InChI is InChI=1S/C34H35NO4/c1-7-9-12-28(8-2)35-32(36)30-13-10-11-14-31(30)34(35,26-17-15-25(16-18-26)23(3)4)27-19-21-29(22-20-27)39-33(37)38-24(5)6/h7-24H,2H2,1,3-6H3/b9-7-,28-12+. The van der Waals surface area contributed by atoms with Gasteiger partial charge in [-0.15, -0.1) is 0 Å². The highest BCUT2D eigenvalue weighted by Gasteiger charge is 2.53. The molecule has 5 heteroatoms. The van der Waals surface area contributed by atoms with E-state index in [1.54, 1.807) is 32.1 Å². The number of carbonyl (C=O) groups is 2. The highest BCUT2D eigenvalue weighted by Crippen LogP contribution is 2.51. The van der Waals surface area contributed by atoms with Gasteiger partial charge in [0.1, 0.15) is 11.3 Å². The molecular formula is C34H35NO4. The van der Waals surface area contributed by atoms with Gasteiger partial charge in [-0.2, -0.15) is 0 Å². The topological polar surface area (TPSA) is 55.8 Å². The quantitative estimate of drug-likeness (QED) is 0.171. The third-order valence-electron chi connectivity index (χ3n) is 6.81. The lowest BCUT2D eigenvalue weighted by molar-refractivity contribution is 0.0728. The molecule has 200 valence electrons. The van der Waals surface area contributed by atoms with E-state index in [1.165, 1.54) is 5.56 Å². The predicted octanol–water partition coefficient (Wildman–Crippen LogP) is 8.13. The Hall–Kier alpha value is -4.38. The van der Waals surface area contributed by atoms with Crippen LogP contribution in [0.15, 0.2) is 109 Å². The van der Waals surface area contributed by atoms with Crippen molar-refractivity contribution in [2.75, 3.05) is 0 Å². The molecule has 4 rings (SSSR count). The van der Waals surface area contributed by atoms with Gasteiger partial charge in [0.15, 0.2) is 0 Å². The molecule has 0 N–H and O–H groups in total. The monoisotopic (exact) mass is 521 g/mol. The van der Waals surface area contributed by atoms with E-state index in [-0.39, 0.29) is 12.0 Å². The Kier molecular flexibility index (Phi) is 8.20. The van der Waals surface area contributed by atoms with Crippen LogP contribution < -0.4 is 4.74 Å². The minimum Gasteiger partial charge on any atom is -0.431 e. The second-order valence-corrected chi connectivity index (χ2v) is 10.0. The zero-order valence-corrected chi connectivity index (χ0v) is 23.2. The lowest BCUT2D eigenvalue weighted by Gasteiger charge is -2.41. The van der Waals surface area contributed by atoms with Gasteiger partial charge in [0, 0.05) is 11.3 Å². The van der Waals surface area contributed by atoms with Gasteiger partial charge in [-0.3, -0.25) is 9.69 Å². The Morgan fingerprint density at radius 1 is 0.923 bits per heavy atom. The Balaban J connectivity index is 1.98. The maximum Gasteiger partial charge on any atom is 0.514 e. The van der Waals surface area contributed by atoms with Gasteiger partial charge in [-0.25, -0.2) is 4.79 Å². The fraction of sp³-hybridized carbons (Fsp3) is 0.235. The van der Waals surface area contributed by atoms with E-state index in [0.29, 0.717) is 22.9 Å². The third kappa shape index (κ3) is 5.17. The van der Waals surface area contributed by atoms with E-state index in [2.05, 4.69) is 44.7 Å². The van der Waals surface area contributed by atoms with Gasteiger partial charge in [0.2, 0.25) is 0 Å². The van der Waals surface area contributed by atoms with Crippen molar-refractivity contribution in [2.24, 2.45) is 0 Å². The highest BCUT2D eigenvalue weighted by atomic mass is 16.7. The molecule has 1 atom stereocenters. The maximum absolute atomic E-state index is 14.1. The van der Waals surface area contributed by atoms with Crippen molar-refractivity contribution in [3.63, 3.8) is 0 Å². The molecule has 3 aromatic carbocycles. The summed E-state index contributed by atoms with van der Waals surface area (Å²) in [5.41, 5.74) is 4.17. The molecule has 0 saturated carbocycles. The van der Waals surface area contributed by atoms with Crippen LogP contribution in [0.3, 0.4) is 0 Å². The second kappa shape index (κ2) is 11.6. The molecule has 3 aromatic rings. The van der Waals surface area contributed by atoms with E-state index in [4.69, 9.17) is 9.47 Å². The first-order valence-corrected chi connectivity index (χ1v) is 13.2. The molecule has 0 bridgehead atoms. The van der Waals surface area contributed by atoms with Crippen molar-refractivity contribution in [1.82, 2.24) is 4.90 Å². The number of ether oxygens (including phenoxy) is 2. The molecule has 0 spiro atoms. The van der Waals surface area contributed by atoms with Crippen molar-refractivity contribution in [3.8, 4) is 5.75 Å². The van der Waals surface area contributed by atoms with Crippen LogP contribution in [0.2, 0.25) is 0 Å². The first-order valence-electron chi connectivity index (χ1n) is 13.2. The van der Waals surface area contributed by atoms with Crippen LogP contribution in [-0.2, 0) is 10.3 Å². The number of hydrogen-bond donors (Lipinski definition) is 0. The minimum absolute atomic E-state index is 0.116. The fourth-order valence-corrected chi connectivity index (χ4v) is 5.04. The number of allylic oxidation sites excluding steroid dienone is 4. The van der Waals surface area contributed by atoms with Gasteiger partial charge >= 0.3 is 6.16 Å². The molecule has 1 amide bonds. The van der Waals surface area contributed by atoms with Gasteiger partial charge < -0.3 is 9.47 Å². The van der Waals surface area contributed by atoms with E-state index in [0.717, 1.165) is 16.7 Å². The van der Waals surface area contributed by atoms with Crippen LogP contribution in [-0.4, -0.2) is 23.1 Å². The van der Waals surface area contributed by atoms with Gasteiger partial charge in [-0.1, -0.05) is 87.2 Å². The average Bonchev–Trinajstić information content (AvgIpc) is 3.18. The normalized spacial score (nSPS) is 17.2. The number of fused-ring (bicyclic) bond motifs is 1. The van der Waals surface area contributed by atoms with Gasteiger partial charge in [-0.05, 0) is 79.3 Å². The number of rotatable bonds is 8. The summed E-state index contributed by atoms with van der Waals surface area (Å²) in [7, 11) is 0. The maximum atomic E-state index is 14.1. The fourth-order valence-electron chi connectivity index (χ4n) is 5.04. The van der Waals surface area contributed by atoms with Crippen LogP contribution >= 0.6 is 0 Å². The smallest absolute Gasteiger partial charge is 0.431 e. The largest absolute Gasteiger partial charge is 0.514 e. The number of nitrogens with zero attached hydrogens (tertiary/aromatic N) is 1. The Bertz CT molecular complexity index is 1410. The molecule has 1 heterocycles. The highest BCUT2D eigenvalue weighted by molar-refractivity contribution is 6.03. The van der Waals surface area contributed by atoms with Crippen LogP contribution in [0.25, 0.3) is 0 Å². The summed E-state index contributed by atoms with van der Waals surface area (Å²) in [4.78, 5) is 28.1. The summed E-state index contributed by atoms with van der Waals surface area (Å²) < 4.78 is 10.5. The van der Waals surface area contributed by atoms with Gasteiger partial charge in [0.25, 0.3) is 5.91 Å². The molecule has 5 nitrogen and oxygen atoms in total. The number of benzene rings is 3. The summed E-state index contributed by atoms with van der Waals surface area (Å²) in [5.74, 6) is 0.603. The minimum atomic E-state index is -0.984. The van der Waals surface area contributed by atoms with Crippen molar-refractivity contribution < 1.29 is 19.1 Å². The molecule has 1 aliphatic heterocycles. The van der Waals surface area contributed by atoms with E-state index in [1.807, 2.05) is 66.4 Å². The summed E-state index contributed by atoms with van der Waals surface area (Å²) in [5, 5.41) is 0. The van der Waals surface area contributed by atoms with Crippen LogP contribution in [0, 0.1) is 0 Å². The average molecular weight is 522 g/mol. The molecule has 1 aliphatic rings. The first-order chi connectivity index (χ1) is 18.7. The lowest BCUT2D eigenvalue weighted by Crippen LogP contribution is -2.44. The number of carbonyl (C=O) groups excluding carboxylic acids is 2. The summed E-state index contributed by atoms with van der Waals surface area (Å²) in [6, 6.07) is 23.4. The SMILES string of the molecule is C=C/C(=C\C=C/C)N1C(=O)c2ccccc2C1(c1ccc(OC(=O)OC(C)C)cc1)c1ccc(C(C)C)cc1. The van der Waals surface area contributed by atoms with Crippen LogP contribution in [0.1, 0.15) is 73.1 Å². The van der Waals surface area contributed by atoms with E-state index >= 15 is 0 Å². The zero-order chi connectivity index (χ0) is 28.2. The molecule has 0 aliphatic carbocycles. The third-order valence-corrected chi connectivity index (χ3v) is 6.81. The van der Waals surface area contributed by atoms with Crippen LogP contribution in [0.5, 0.6) is 5.75 Å². The van der Waals surface area contributed by atoms with Crippen LogP contribution in [0.4, 0.5) is 4.79 Å². The Labute approximate surface area is 231 Å². The lowest BCUT2D eigenvalue weighted by atomic mass is 9.76. The van der Waals surface area contributed by atoms with E-state index < -0.39 is 11.7 Å². The molecule has 0 radical (unpaired) electrons. The van der Waals surface area contributed by atoms with Crippen molar-refractivity contribution in [1.29, 1.82) is 0 Å². The van der Waals surface area contributed by atoms with Crippen molar-refractivity contribution >= 4 is 12.1 Å². The number of amides is 1. The predicted molar refractivity (Wildman–Crippen MR) is 155 cm³/mol. The zero-order valence-electron chi connectivity index (χ0n) is 23.2. The molecule has 39 heavy (non-hydrogen) atoms. The van der Waals surface area contributed by atoms with E-state index in [9.17, 15) is 9.59 Å². The molecule has 1 unspecified atom stereocenters. The second-order valence-electron chi connectivity index (χ2n) is 10.0.